The summed E-state index contributed by atoms with van der Waals surface area (Å²) >= 11 is 0. The average molecular weight is 328 g/mol. The van der Waals surface area contributed by atoms with Gasteiger partial charge in [-0.15, -0.1) is 0 Å². The number of hydrogen-bond donors (Lipinski definition) is 3. The number of nitrogens with one attached hydrogen (secondary N) is 3. The Morgan fingerprint density at radius 2 is 2.21 bits per heavy atom. The third kappa shape index (κ3) is 4.01. The number of hydrogen-bond acceptors (Lipinski definition) is 4. The van der Waals surface area contributed by atoms with E-state index in [1.165, 1.54) is 0 Å². The topological polar surface area (TPSA) is 79.0 Å². The van der Waals surface area contributed by atoms with Crippen molar-refractivity contribution in [3.63, 3.8) is 0 Å². The molecule has 0 bridgehead atoms. The molecule has 0 aliphatic carbocycles. The highest BCUT2D eigenvalue weighted by Gasteiger charge is 2.21. The van der Waals surface area contributed by atoms with Crippen molar-refractivity contribution in [1.82, 2.24) is 20.8 Å². The zero-order valence-electron chi connectivity index (χ0n) is 14.0. The molecular weight excluding hydrogens is 304 g/mol. The van der Waals surface area contributed by atoms with E-state index >= 15 is 0 Å². The highest BCUT2D eigenvalue weighted by Crippen LogP contribution is 2.16. The van der Waals surface area contributed by atoms with Gasteiger partial charge in [0.15, 0.2) is 5.69 Å². The summed E-state index contributed by atoms with van der Waals surface area (Å²) in [6, 6.07) is 10.1. The van der Waals surface area contributed by atoms with Crippen molar-refractivity contribution in [3.8, 4) is 0 Å². The van der Waals surface area contributed by atoms with E-state index in [1.807, 2.05) is 25.1 Å². The van der Waals surface area contributed by atoms with Crippen molar-refractivity contribution >= 4 is 5.91 Å². The van der Waals surface area contributed by atoms with Crippen molar-refractivity contribution in [1.29, 1.82) is 0 Å². The highest BCUT2D eigenvalue weighted by atomic mass is 16.5. The molecule has 1 aliphatic rings. The van der Waals surface area contributed by atoms with Crippen molar-refractivity contribution in [2.24, 2.45) is 0 Å². The quantitative estimate of drug-likeness (QED) is 0.679. The van der Waals surface area contributed by atoms with Crippen molar-refractivity contribution in [2.75, 3.05) is 19.7 Å². The summed E-state index contributed by atoms with van der Waals surface area (Å²) in [6.07, 6.45) is 1.72. The van der Waals surface area contributed by atoms with Gasteiger partial charge in [-0.05, 0) is 18.9 Å². The van der Waals surface area contributed by atoms with Gasteiger partial charge in [0.1, 0.15) is 0 Å². The Bertz CT molecular complexity index is 669. The van der Waals surface area contributed by atoms with E-state index in [0.29, 0.717) is 25.4 Å². The fraction of sp³-hybridized carbons (Fsp3) is 0.444. The van der Waals surface area contributed by atoms with Crippen LogP contribution in [-0.4, -0.2) is 35.8 Å². The molecule has 0 radical (unpaired) electrons. The van der Waals surface area contributed by atoms with Crippen LogP contribution < -0.4 is 10.6 Å². The molecule has 1 aliphatic heterocycles. The molecule has 6 nitrogen and oxygen atoms in total. The molecule has 1 amide bonds. The summed E-state index contributed by atoms with van der Waals surface area (Å²) in [7, 11) is 0. The number of benzene rings is 1. The van der Waals surface area contributed by atoms with Crippen molar-refractivity contribution in [2.45, 2.75) is 32.4 Å². The molecule has 1 aromatic heterocycles. The summed E-state index contributed by atoms with van der Waals surface area (Å²) in [5, 5.41) is 13.3. The van der Waals surface area contributed by atoms with E-state index in [-0.39, 0.29) is 12.0 Å². The van der Waals surface area contributed by atoms with Gasteiger partial charge in [-0.3, -0.25) is 9.89 Å². The minimum absolute atomic E-state index is 0.0614. The lowest BCUT2D eigenvalue weighted by Crippen LogP contribution is -2.29. The molecule has 128 valence electrons. The first kappa shape index (κ1) is 16.7. The minimum Gasteiger partial charge on any atom is -0.374 e. The predicted octanol–water partition coefficient (Wildman–Crippen LogP) is 1.95. The second kappa shape index (κ2) is 8.08. The van der Waals surface area contributed by atoms with Crippen LogP contribution in [0.5, 0.6) is 0 Å². The molecule has 0 saturated carbocycles. The summed E-state index contributed by atoms with van der Waals surface area (Å²) in [4.78, 5) is 12.2. The van der Waals surface area contributed by atoms with E-state index in [9.17, 15) is 4.79 Å². The second-order valence-electron chi connectivity index (χ2n) is 5.99. The van der Waals surface area contributed by atoms with Crippen LogP contribution in [0.3, 0.4) is 0 Å². The van der Waals surface area contributed by atoms with E-state index < -0.39 is 0 Å². The molecule has 0 saturated heterocycles. The Balaban J connectivity index is 1.39. The number of nitrogens with zero attached hydrogens (tertiary/aromatic N) is 1. The van der Waals surface area contributed by atoms with Crippen LogP contribution in [0, 0.1) is 0 Å². The average Bonchev–Trinajstić information content (AvgIpc) is 3.06. The maximum absolute atomic E-state index is 12.2. The summed E-state index contributed by atoms with van der Waals surface area (Å²) in [5.41, 5.74) is 3.74. The Morgan fingerprint density at radius 1 is 1.38 bits per heavy atom. The van der Waals surface area contributed by atoms with Gasteiger partial charge in [0, 0.05) is 43.9 Å². The van der Waals surface area contributed by atoms with Gasteiger partial charge in [0.25, 0.3) is 5.91 Å². The van der Waals surface area contributed by atoms with Crippen LogP contribution in [-0.2, 0) is 17.7 Å². The van der Waals surface area contributed by atoms with Gasteiger partial charge in [-0.2, -0.15) is 5.10 Å². The predicted molar refractivity (Wildman–Crippen MR) is 91.8 cm³/mol. The van der Waals surface area contributed by atoms with Gasteiger partial charge in [-0.1, -0.05) is 30.3 Å². The van der Waals surface area contributed by atoms with Gasteiger partial charge < -0.3 is 15.4 Å². The fourth-order valence-corrected chi connectivity index (χ4v) is 2.85. The van der Waals surface area contributed by atoms with Crippen LogP contribution in [0.15, 0.2) is 30.3 Å². The molecule has 1 atom stereocenters. The molecule has 24 heavy (non-hydrogen) atoms. The number of fused-ring (bicyclic) bond motifs is 1. The first-order valence-corrected chi connectivity index (χ1v) is 8.47. The van der Waals surface area contributed by atoms with Gasteiger partial charge >= 0.3 is 0 Å². The first-order valence-electron chi connectivity index (χ1n) is 8.47. The molecule has 2 aromatic rings. The summed E-state index contributed by atoms with van der Waals surface area (Å²) < 4.78 is 5.81. The van der Waals surface area contributed by atoms with Crippen molar-refractivity contribution in [3.05, 3.63) is 52.8 Å². The number of rotatable bonds is 7. The Morgan fingerprint density at radius 3 is 3.04 bits per heavy atom. The van der Waals surface area contributed by atoms with E-state index in [0.717, 1.165) is 36.2 Å². The molecule has 1 unspecified atom stereocenters. The normalized spacial score (nSPS) is 14.9. The highest BCUT2D eigenvalue weighted by molar-refractivity contribution is 5.94. The van der Waals surface area contributed by atoms with Crippen LogP contribution in [0.25, 0.3) is 0 Å². The van der Waals surface area contributed by atoms with Crippen LogP contribution in [0.4, 0.5) is 0 Å². The molecule has 0 fully saturated rings. The second-order valence-corrected chi connectivity index (χ2v) is 5.99. The smallest absolute Gasteiger partial charge is 0.272 e. The third-order valence-electron chi connectivity index (χ3n) is 4.26. The monoisotopic (exact) mass is 328 g/mol. The number of H-pyrrole nitrogens is 1. The Labute approximate surface area is 142 Å². The zero-order valence-corrected chi connectivity index (χ0v) is 14.0. The zero-order chi connectivity index (χ0) is 16.8. The molecule has 2 heterocycles. The van der Waals surface area contributed by atoms with E-state index in [1.54, 1.807) is 0 Å². The molecule has 0 spiro atoms. The number of carbonyl (C=O) groups is 1. The largest absolute Gasteiger partial charge is 0.374 e. The minimum atomic E-state index is -0.118. The lowest BCUT2D eigenvalue weighted by atomic mass is 10.1. The van der Waals surface area contributed by atoms with Crippen LogP contribution >= 0.6 is 0 Å². The number of ether oxygens (including phenoxy) is 1. The van der Waals surface area contributed by atoms with Crippen LogP contribution in [0.1, 0.15) is 46.8 Å². The molecule has 3 N–H and O–H groups in total. The summed E-state index contributed by atoms with van der Waals surface area (Å²) in [5.74, 6) is -0.118. The molecular formula is C18H24N4O2. The maximum atomic E-state index is 12.2. The van der Waals surface area contributed by atoms with E-state index in [4.69, 9.17) is 4.74 Å². The number of aromatic nitrogens is 2. The Hall–Kier alpha value is -2.18. The standard InChI is InChI=1S/C18H24N4O2/c1-13(14-6-3-2-4-7-14)24-11-5-9-20-18(23)17-15-12-19-10-8-16(15)21-22-17/h2-4,6-7,13,19H,5,8-12H2,1H3,(H,20,23)(H,21,22). The fourth-order valence-electron chi connectivity index (χ4n) is 2.85. The van der Waals surface area contributed by atoms with Gasteiger partial charge in [0.2, 0.25) is 0 Å². The molecule has 3 rings (SSSR count). The lowest BCUT2D eigenvalue weighted by molar-refractivity contribution is 0.0634. The molecule has 1 aromatic carbocycles. The number of amides is 1. The molecule has 6 heteroatoms. The van der Waals surface area contributed by atoms with Crippen molar-refractivity contribution < 1.29 is 9.53 Å². The first-order chi connectivity index (χ1) is 11.8. The third-order valence-corrected chi connectivity index (χ3v) is 4.26. The lowest BCUT2D eigenvalue weighted by Gasteiger charge is -2.14. The SMILES string of the molecule is CC(OCCCNC(=O)c1n[nH]c2c1CNCC2)c1ccccc1. The van der Waals surface area contributed by atoms with E-state index in [2.05, 4.69) is 33.0 Å². The Kier molecular flexibility index (Phi) is 5.61. The van der Waals surface area contributed by atoms with Crippen LogP contribution in [0.2, 0.25) is 0 Å². The summed E-state index contributed by atoms with van der Waals surface area (Å²) in [6.45, 7) is 4.85. The van der Waals surface area contributed by atoms with Gasteiger partial charge in [0.05, 0.1) is 6.10 Å². The maximum Gasteiger partial charge on any atom is 0.272 e. The van der Waals surface area contributed by atoms with Gasteiger partial charge in [-0.25, -0.2) is 0 Å². The number of aromatic amines is 1. The number of carbonyl (C=O) groups excluding carboxylic acids is 1.